The Morgan fingerprint density at radius 3 is 3.00 bits per heavy atom. The van der Waals surface area contributed by atoms with Gasteiger partial charge in [0.15, 0.2) is 5.90 Å². The van der Waals surface area contributed by atoms with E-state index in [9.17, 15) is 0 Å². The van der Waals surface area contributed by atoms with Gasteiger partial charge in [-0.25, -0.2) is 4.99 Å². The first kappa shape index (κ1) is 8.71. The van der Waals surface area contributed by atoms with Crippen LogP contribution in [-0.4, -0.2) is 18.7 Å². The second-order valence-electron chi connectivity index (χ2n) is 2.54. The molecule has 0 saturated heterocycles. The lowest BCUT2D eigenvalue weighted by Gasteiger charge is -1.99. The van der Waals surface area contributed by atoms with Crippen molar-refractivity contribution in [1.82, 2.24) is 0 Å². The molecular weight excluding hydrogens is 152 g/mol. The monoisotopic (exact) mass is 164 g/mol. The maximum absolute atomic E-state index is 5.24. The smallest absolute Gasteiger partial charge is 0.185 e. The standard InChI is InChI=1S/C9H12N2O/c1-7-4-5-12-9(3)11-8(2)6-10-7/h4,6H,2,5H2,1,3H3. The Bertz CT molecular complexity index is 274. The van der Waals surface area contributed by atoms with Crippen LogP contribution in [0.15, 0.2) is 34.0 Å². The van der Waals surface area contributed by atoms with E-state index in [1.807, 2.05) is 13.0 Å². The molecule has 0 aromatic carbocycles. The molecule has 0 unspecified atom stereocenters. The predicted octanol–water partition coefficient (Wildman–Crippen LogP) is 1.92. The summed E-state index contributed by atoms with van der Waals surface area (Å²) >= 11 is 0. The van der Waals surface area contributed by atoms with Gasteiger partial charge in [0.2, 0.25) is 0 Å². The molecule has 12 heavy (non-hydrogen) atoms. The van der Waals surface area contributed by atoms with Gasteiger partial charge in [0.25, 0.3) is 0 Å². The third-order valence-electron chi connectivity index (χ3n) is 1.39. The predicted molar refractivity (Wildman–Crippen MR) is 50.5 cm³/mol. The van der Waals surface area contributed by atoms with Gasteiger partial charge in [-0.1, -0.05) is 6.58 Å². The van der Waals surface area contributed by atoms with Crippen molar-refractivity contribution < 1.29 is 4.74 Å². The van der Waals surface area contributed by atoms with E-state index < -0.39 is 0 Å². The first-order chi connectivity index (χ1) is 5.68. The highest BCUT2D eigenvalue weighted by Gasteiger charge is 1.94. The van der Waals surface area contributed by atoms with Crippen LogP contribution >= 0.6 is 0 Å². The Kier molecular flexibility index (Phi) is 2.80. The number of hydrogen-bond acceptors (Lipinski definition) is 3. The fraction of sp³-hybridized carbons (Fsp3) is 0.333. The molecular formula is C9H12N2O. The lowest BCUT2D eigenvalue weighted by Crippen LogP contribution is -1.99. The van der Waals surface area contributed by atoms with Gasteiger partial charge >= 0.3 is 0 Å². The molecule has 0 aromatic rings. The van der Waals surface area contributed by atoms with Gasteiger partial charge in [-0.15, -0.1) is 0 Å². The molecule has 3 nitrogen and oxygen atoms in total. The number of aliphatic imine (C=N–C) groups is 2. The molecule has 0 bridgehead atoms. The van der Waals surface area contributed by atoms with E-state index in [0.29, 0.717) is 18.2 Å². The van der Waals surface area contributed by atoms with Crippen LogP contribution in [0.2, 0.25) is 0 Å². The minimum Gasteiger partial charge on any atom is -0.477 e. The first-order valence-electron chi connectivity index (χ1n) is 3.76. The minimum atomic E-state index is 0.520. The molecule has 0 aromatic heterocycles. The number of nitrogens with zero attached hydrogens (tertiary/aromatic N) is 2. The summed E-state index contributed by atoms with van der Waals surface area (Å²) in [5, 5.41) is 0. The van der Waals surface area contributed by atoms with Crippen LogP contribution in [0.25, 0.3) is 0 Å². The van der Waals surface area contributed by atoms with Crippen LogP contribution in [0.4, 0.5) is 0 Å². The molecule has 0 spiro atoms. The van der Waals surface area contributed by atoms with Crippen LogP contribution < -0.4 is 0 Å². The highest BCUT2D eigenvalue weighted by molar-refractivity contribution is 5.84. The summed E-state index contributed by atoms with van der Waals surface area (Å²) in [4.78, 5) is 8.16. The first-order valence-corrected chi connectivity index (χ1v) is 3.76. The Balaban J connectivity index is 2.83. The minimum absolute atomic E-state index is 0.520. The summed E-state index contributed by atoms with van der Waals surface area (Å²) in [6.45, 7) is 7.93. The number of hydrogen-bond donors (Lipinski definition) is 0. The molecule has 1 aliphatic rings. The molecule has 64 valence electrons. The topological polar surface area (TPSA) is 34.0 Å². The van der Waals surface area contributed by atoms with Crippen molar-refractivity contribution in [3.8, 4) is 0 Å². The maximum atomic E-state index is 5.24. The van der Waals surface area contributed by atoms with Gasteiger partial charge in [0.05, 0.1) is 11.9 Å². The Labute approximate surface area is 72.2 Å². The molecule has 0 saturated carbocycles. The lowest BCUT2D eigenvalue weighted by atomic mass is 10.4. The third-order valence-corrected chi connectivity index (χ3v) is 1.39. The number of ether oxygens (including phenoxy) is 1. The quantitative estimate of drug-likeness (QED) is 0.538. The van der Waals surface area contributed by atoms with Crippen LogP contribution in [0.5, 0.6) is 0 Å². The van der Waals surface area contributed by atoms with E-state index in [4.69, 9.17) is 4.74 Å². The summed E-state index contributed by atoms with van der Waals surface area (Å²) in [6, 6.07) is 0. The Morgan fingerprint density at radius 2 is 2.25 bits per heavy atom. The van der Waals surface area contributed by atoms with Crippen molar-refractivity contribution in [3.63, 3.8) is 0 Å². The van der Waals surface area contributed by atoms with Crippen molar-refractivity contribution in [2.45, 2.75) is 13.8 Å². The molecule has 0 N–H and O–H groups in total. The van der Waals surface area contributed by atoms with Crippen LogP contribution in [-0.2, 0) is 4.74 Å². The van der Waals surface area contributed by atoms with Gasteiger partial charge in [0.1, 0.15) is 6.61 Å². The van der Waals surface area contributed by atoms with E-state index >= 15 is 0 Å². The van der Waals surface area contributed by atoms with Crippen LogP contribution in [0.3, 0.4) is 0 Å². The van der Waals surface area contributed by atoms with Gasteiger partial charge in [-0.05, 0) is 13.0 Å². The Hall–Kier alpha value is -1.38. The zero-order valence-electron chi connectivity index (χ0n) is 7.37. The van der Waals surface area contributed by atoms with Crippen molar-refractivity contribution >= 4 is 12.1 Å². The molecule has 1 rings (SSSR count). The SMILES string of the molecule is C=C1C=NC(C)=CCOC(C)=N1. The maximum Gasteiger partial charge on any atom is 0.185 e. The fourth-order valence-electron chi connectivity index (χ4n) is 0.775. The van der Waals surface area contributed by atoms with Gasteiger partial charge in [-0.3, -0.25) is 4.99 Å². The normalized spacial score (nSPS) is 18.3. The average Bonchev–Trinajstić information content (AvgIpc) is 2.05. The molecule has 0 aliphatic carbocycles. The molecule has 0 atom stereocenters. The summed E-state index contributed by atoms with van der Waals surface area (Å²) in [5.74, 6) is 0.623. The van der Waals surface area contributed by atoms with Gasteiger partial charge in [-0.2, -0.15) is 0 Å². The van der Waals surface area contributed by atoms with Crippen molar-refractivity contribution in [2.75, 3.05) is 6.61 Å². The van der Waals surface area contributed by atoms with Crippen molar-refractivity contribution in [1.29, 1.82) is 0 Å². The van der Waals surface area contributed by atoms with E-state index in [1.54, 1.807) is 13.1 Å². The molecule has 0 radical (unpaired) electrons. The Morgan fingerprint density at radius 1 is 1.50 bits per heavy atom. The molecule has 1 aliphatic heterocycles. The van der Waals surface area contributed by atoms with E-state index in [-0.39, 0.29) is 0 Å². The summed E-state index contributed by atoms with van der Waals surface area (Å²) in [7, 11) is 0. The summed E-state index contributed by atoms with van der Waals surface area (Å²) in [6.07, 6.45) is 3.53. The van der Waals surface area contributed by atoms with Crippen molar-refractivity contribution in [2.24, 2.45) is 9.98 Å². The lowest BCUT2D eigenvalue weighted by molar-refractivity contribution is 0.346. The highest BCUT2D eigenvalue weighted by Crippen LogP contribution is 2.00. The van der Waals surface area contributed by atoms with Crippen LogP contribution in [0, 0.1) is 0 Å². The van der Waals surface area contributed by atoms with E-state index in [0.717, 1.165) is 5.70 Å². The number of allylic oxidation sites excluding steroid dienone is 2. The third kappa shape index (κ3) is 2.70. The average molecular weight is 164 g/mol. The molecule has 1 heterocycles. The molecule has 0 amide bonds. The van der Waals surface area contributed by atoms with E-state index in [1.165, 1.54) is 0 Å². The van der Waals surface area contributed by atoms with Gasteiger partial charge < -0.3 is 4.74 Å². The number of rotatable bonds is 0. The second-order valence-corrected chi connectivity index (χ2v) is 2.54. The zero-order chi connectivity index (χ0) is 8.97. The van der Waals surface area contributed by atoms with Gasteiger partial charge in [0, 0.05) is 12.6 Å². The largest absolute Gasteiger partial charge is 0.477 e. The summed E-state index contributed by atoms with van der Waals surface area (Å²) < 4.78 is 5.24. The van der Waals surface area contributed by atoms with Crippen LogP contribution in [0.1, 0.15) is 13.8 Å². The fourth-order valence-corrected chi connectivity index (χ4v) is 0.775. The van der Waals surface area contributed by atoms with E-state index in [2.05, 4.69) is 16.6 Å². The zero-order valence-corrected chi connectivity index (χ0v) is 7.37. The van der Waals surface area contributed by atoms with Crippen molar-refractivity contribution in [3.05, 3.63) is 24.0 Å². The molecule has 3 heteroatoms. The second kappa shape index (κ2) is 3.85. The summed E-state index contributed by atoms with van der Waals surface area (Å²) in [5.41, 5.74) is 1.53. The highest BCUT2D eigenvalue weighted by atomic mass is 16.5. The molecule has 0 fully saturated rings.